The van der Waals surface area contributed by atoms with Gasteiger partial charge in [0.25, 0.3) is 0 Å². The van der Waals surface area contributed by atoms with Gasteiger partial charge in [-0.15, -0.1) is 0 Å². The second-order valence-corrected chi connectivity index (χ2v) is 3.91. The van der Waals surface area contributed by atoms with E-state index >= 15 is 0 Å². The molecule has 0 aliphatic heterocycles. The molecule has 0 aliphatic rings. The highest BCUT2D eigenvalue weighted by atomic mass is 16.3. The summed E-state index contributed by atoms with van der Waals surface area (Å²) in [4.78, 5) is 0. The minimum absolute atomic E-state index is 0.171. The molecule has 90 valence electrons. The van der Waals surface area contributed by atoms with Crippen molar-refractivity contribution in [3.63, 3.8) is 0 Å². The molecule has 0 aliphatic carbocycles. The number of hydrogen-bond acceptors (Lipinski definition) is 2. The molecule has 0 atom stereocenters. The third kappa shape index (κ3) is 3.52. The van der Waals surface area contributed by atoms with Gasteiger partial charge in [-0.3, -0.25) is 0 Å². The first kappa shape index (κ1) is 12.0. The molecule has 0 saturated carbocycles. The van der Waals surface area contributed by atoms with Crippen molar-refractivity contribution in [1.29, 1.82) is 0 Å². The molecule has 0 spiro atoms. The first-order valence-electron chi connectivity index (χ1n) is 5.67. The van der Waals surface area contributed by atoms with E-state index in [4.69, 9.17) is 0 Å². The van der Waals surface area contributed by atoms with E-state index in [9.17, 15) is 10.2 Å². The van der Waals surface area contributed by atoms with Crippen molar-refractivity contribution in [2.75, 3.05) is 0 Å². The molecule has 2 aromatic rings. The molecular formula is C16H14O2. The summed E-state index contributed by atoms with van der Waals surface area (Å²) in [6.45, 7) is 0. The van der Waals surface area contributed by atoms with E-state index < -0.39 is 0 Å². The number of aromatic hydroxyl groups is 1. The normalized spacial score (nSPS) is 11.9. The number of hydrogen-bond donors (Lipinski definition) is 2. The number of aliphatic hydroxyl groups excluding tert-OH is 1. The van der Waals surface area contributed by atoms with Crippen molar-refractivity contribution in [3.8, 4) is 5.75 Å². The van der Waals surface area contributed by atoms with Crippen LogP contribution in [0.1, 0.15) is 11.1 Å². The predicted octanol–water partition coefficient (Wildman–Crippen LogP) is 4.00. The molecule has 0 radical (unpaired) electrons. The third-order valence-electron chi connectivity index (χ3n) is 2.43. The van der Waals surface area contributed by atoms with Crippen LogP contribution in [0.3, 0.4) is 0 Å². The van der Waals surface area contributed by atoms with Gasteiger partial charge < -0.3 is 10.2 Å². The molecule has 0 heterocycles. The van der Waals surface area contributed by atoms with E-state index in [1.807, 2.05) is 36.4 Å². The van der Waals surface area contributed by atoms with Crippen LogP contribution >= 0.6 is 0 Å². The Hall–Kier alpha value is -2.48. The van der Waals surface area contributed by atoms with Crippen LogP contribution in [0.25, 0.3) is 12.2 Å². The number of phenolic OH excluding ortho intramolecular Hbond substituents is 1. The summed E-state index contributed by atoms with van der Waals surface area (Å²) < 4.78 is 0. The molecule has 0 fully saturated rings. The quantitative estimate of drug-likeness (QED) is 0.626. The van der Waals surface area contributed by atoms with Crippen molar-refractivity contribution < 1.29 is 10.2 Å². The highest BCUT2D eigenvalue weighted by molar-refractivity contribution is 5.59. The van der Waals surface area contributed by atoms with Crippen molar-refractivity contribution in [2.45, 2.75) is 0 Å². The van der Waals surface area contributed by atoms with E-state index in [-0.39, 0.29) is 11.5 Å². The van der Waals surface area contributed by atoms with Gasteiger partial charge in [0, 0.05) is 0 Å². The molecule has 0 bridgehead atoms. The van der Waals surface area contributed by atoms with Gasteiger partial charge in [-0.2, -0.15) is 0 Å². The summed E-state index contributed by atoms with van der Waals surface area (Å²) in [6, 6.07) is 16.4. The Balaban J connectivity index is 2.12. The molecule has 18 heavy (non-hydrogen) atoms. The molecule has 0 saturated heterocycles. The van der Waals surface area contributed by atoms with E-state index in [0.29, 0.717) is 0 Å². The lowest BCUT2D eigenvalue weighted by Gasteiger charge is -1.96. The first-order chi connectivity index (χ1) is 8.74. The van der Waals surface area contributed by atoms with Crippen molar-refractivity contribution in [3.05, 3.63) is 77.6 Å². The van der Waals surface area contributed by atoms with Crippen molar-refractivity contribution in [2.24, 2.45) is 0 Å². The van der Waals surface area contributed by atoms with Crippen LogP contribution in [0, 0.1) is 0 Å². The molecule has 2 aromatic carbocycles. The molecule has 2 rings (SSSR count). The number of allylic oxidation sites excluding steroid dienone is 1. The van der Waals surface area contributed by atoms with Crippen LogP contribution in [-0.2, 0) is 0 Å². The first-order valence-corrected chi connectivity index (χ1v) is 5.67. The molecule has 0 aromatic heterocycles. The zero-order chi connectivity index (χ0) is 12.8. The summed E-state index contributed by atoms with van der Waals surface area (Å²) in [5, 5.41) is 19.0. The molecule has 0 unspecified atom stereocenters. The van der Waals surface area contributed by atoms with E-state index in [1.54, 1.807) is 36.4 Å². The lowest BCUT2D eigenvalue weighted by Crippen LogP contribution is -1.77. The maximum absolute atomic E-state index is 9.75. The van der Waals surface area contributed by atoms with Gasteiger partial charge in [0.1, 0.15) is 11.5 Å². The van der Waals surface area contributed by atoms with Gasteiger partial charge in [-0.1, -0.05) is 48.5 Å². The highest BCUT2D eigenvalue weighted by Gasteiger charge is 1.91. The monoisotopic (exact) mass is 238 g/mol. The standard InChI is InChI=1S/C16H14O2/c17-15-8-4-7-14(12-15)9-10-16(18)11-13-5-2-1-3-6-13/h1-12,17-18H. The Kier molecular flexibility index (Phi) is 3.82. The largest absolute Gasteiger partial charge is 0.508 e. The summed E-state index contributed by atoms with van der Waals surface area (Å²) >= 11 is 0. The van der Waals surface area contributed by atoms with Crippen LogP contribution in [0.2, 0.25) is 0 Å². The maximum Gasteiger partial charge on any atom is 0.116 e. The third-order valence-corrected chi connectivity index (χ3v) is 2.43. The van der Waals surface area contributed by atoms with Gasteiger partial charge in [0.15, 0.2) is 0 Å². The Morgan fingerprint density at radius 1 is 0.889 bits per heavy atom. The second-order valence-electron chi connectivity index (χ2n) is 3.91. The predicted molar refractivity (Wildman–Crippen MR) is 74.2 cm³/mol. The Morgan fingerprint density at radius 2 is 1.61 bits per heavy atom. The Labute approximate surface area is 106 Å². The van der Waals surface area contributed by atoms with Crippen LogP contribution < -0.4 is 0 Å². The minimum Gasteiger partial charge on any atom is -0.508 e. The van der Waals surface area contributed by atoms with Crippen molar-refractivity contribution >= 4 is 12.2 Å². The Morgan fingerprint density at radius 3 is 2.33 bits per heavy atom. The number of benzene rings is 2. The summed E-state index contributed by atoms with van der Waals surface area (Å²) in [6.07, 6.45) is 5.02. The Bertz CT molecular complexity index is 569. The van der Waals surface area contributed by atoms with Crippen molar-refractivity contribution in [1.82, 2.24) is 0 Å². The van der Waals surface area contributed by atoms with Gasteiger partial charge in [0.05, 0.1) is 0 Å². The summed E-state index contributed by atoms with van der Waals surface area (Å²) in [5.74, 6) is 0.383. The maximum atomic E-state index is 9.75. The molecule has 2 nitrogen and oxygen atoms in total. The zero-order valence-electron chi connectivity index (χ0n) is 9.82. The second kappa shape index (κ2) is 5.73. The van der Waals surface area contributed by atoms with E-state index in [1.165, 1.54) is 0 Å². The van der Waals surface area contributed by atoms with Gasteiger partial charge in [0.2, 0.25) is 0 Å². The van der Waals surface area contributed by atoms with Crippen LogP contribution in [0.5, 0.6) is 5.75 Å². The summed E-state index contributed by atoms with van der Waals surface area (Å²) in [5.41, 5.74) is 1.78. The van der Waals surface area contributed by atoms with Crippen LogP contribution in [0.15, 0.2) is 66.4 Å². The number of phenols is 1. The average molecular weight is 238 g/mol. The highest BCUT2D eigenvalue weighted by Crippen LogP contribution is 2.13. The van der Waals surface area contributed by atoms with Crippen LogP contribution in [-0.4, -0.2) is 10.2 Å². The molecule has 2 heteroatoms. The lowest BCUT2D eigenvalue weighted by atomic mass is 10.1. The summed E-state index contributed by atoms with van der Waals surface area (Å²) in [7, 11) is 0. The van der Waals surface area contributed by atoms with E-state index in [2.05, 4.69) is 0 Å². The molecule has 0 amide bonds. The number of rotatable bonds is 3. The zero-order valence-corrected chi connectivity index (χ0v) is 9.82. The fraction of sp³-hybridized carbons (Fsp3) is 0. The number of aliphatic hydroxyl groups is 1. The smallest absolute Gasteiger partial charge is 0.116 e. The SMILES string of the molecule is OC(C=Cc1cccc(O)c1)=Cc1ccccc1. The topological polar surface area (TPSA) is 40.5 Å². The minimum atomic E-state index is 0.171. The van der Waals surface area contributed by atoms with E-state index in [0.717, 1.165) is 11.1 Å². The van der Waals surface area contributed by atoms with Crippen LogP contribution in [0.4, 0.5) is 0 Å². The molecular weight excluding hydrogens is 224 g/mol. The fourth-order valence-electron chi connectivity index (χ4n) is 1.58. The van der Waals surface area contributed by atoms with Gasteiger partial charge in [-0.05, 0) is 35.4 Å². The fourth-order valence-corrected chi connectivity index (χ4v) is 1.58. The average Bonchev–Trinajstić information content (AvgIpc) is 2.38. The van der Waals surface area contributed by atoms with Gasteiger partial charge in [-0.25, -0.2) is 0 Å². The van der Waals surface area contributed by atoms with Gasteiger partial charge >= 0.3 is 0 Å². The molecule has 2 N–H and O–H groups in total. The lowest BCUT2D eigenvalue weighted by molar-refractivity contribution is 0.438.